The Morgan fingerprint density at radius 3 is 2.57 bits per heavy atom. The summed E-state index contributed by atoms with van der Waals surface area (Å²) in [5.41, 5.74) is 0. The summed E-state index contributed by atoms with van der Waals surface area (Å²) in [6.07, 6.45) is 3.17. The van der Waals surface area contributed by atoms with Gasteiger partial charge in [-0.05, 0) is 37.3 Å². The summed E-state index contributed by atoms with van der Waals surface area (Å²) in [5.74, 6) is 1.05. The van der Waals surface area contributed by atoms with Crippen LogP contribution in [0.1, 0.15) is 56.1 Å². The molecule has 5 nitrogen and oxygen atoms in total. The Morgan fingerprint density at radius 1 is 1.33 bits per heavy atom. The van der Waals surface area contributed by atoms with Crippen molar-refractivity contribution in [1.82, 2.24) is 4.90 Å². The van der Waals surface area contributed by atoms with E-state index in [1.807, 2.05) is 12.1 Å². The van der Waals surface area contributed by atoms with Gasteiger partial charge in [0, 0.05) is 18.4 Å². The van der Waals surface area contributed by atoms with Gasteiger partial charge in [-0.1, -0.05) is 6.92 Å². The van der Waals surface area contributed by atoms with Gasteiger partial charge in [-0.15, -0.1) is 0 Å². The van der Waals surface area contributed by atoms with Crippen LogP contribution in [0.5, 0.6) is 0 Å². The maximum absolute atomic E-state index is 12.2. The van der Waals surface area contributed by atoms with Crippen LogP contribution in [0, 0.1) is 11.8 Å². The summed E-state index contributed by atoms with van der Waals surface area (Å²) in [6.45, 7) is 2.18. The lowest BCUT2D eigenvalue weighted by Gasteiger charge is -2.25. The lowest BCUT2D eigenvalue weighted by molar-refractivity contribution is -0.143. The molecule has 0 radical (unpaired) electrons. The van der Waals surface area contributed by atoms with Gasteiger partial charge in [0.2, 0.25) is 5.91 Å². The Hall–Kier alpha value is -1.78. The average molecular weight is 289 g/mol. The number of rotatable bonds is 4. The molecule has 2 saturated carbocycles. The van der Waals surface area contributed by atoms with Crippen molar-refractivity contribution in [1.29, 1.82) is 0 Å². The van der Waals surface area contributed by atoms with Crippen LogP contribution in [-0.4, -0.2) is 27.9 Å². The fourth-order valence-corrected chi connectivity index (χ4v) is 3.54. The van der Waals surface area contributed by atoms with Crippen molar-refractivity contribution < 1.29 is 19.1 Å². The number of amides is 1. The molecular weight excluding hydrogens is 270 g/mol. The monoisotopic (exact) mass is 289 g/mol. The Balaban J connectivity index is 1.66. The number of likely N-dealkylation sites (tertiary alicyclic amines) is 1. The molecule has 4 unspecified atom stereocenters. The van der Waals surface area contributed by atoms with E-state index >= 15 is 0 Å². The topological polar surface area (TPSA) is 70.8 Å². The van der Waals surface area contributed by atoms with Crippen molar-refractivity contribution in [2.45, 2.75) is 50.6 Å². The lowest BCUT2D eigenvalue weighted by Crippen LogP contribution is -2.32. The van der Waals surface area contributed by atoms with E-state index in [1.54, 1.807) is 4.90 Å². The molecule has 112 valence electrons. The van der Waals surface area contributed by atoms with E-state index < -0.39 is 17.9 Å². The van der Waals surface area contributed by atoms with Crippen LogP contribution in [0.2, 0.25) is 0 Å². The van der Waals surface area contributed by atoms with Crippen LogP contribution < -0.4 is 0 Å². The largest absolute Gasteiger partial charge is 0.481 e. The van der Waals surface area contributed by atoms with Crippen molar-refractivity contribution in [2.24, 2.45) is 11.8 Å². The molecule has 1 N–H and O–H groups in total. The molecular formula is C16H19NO4. The van der Waals surface area contributed by atoms with Gasteiger partial charge in [0.05, 0.1) is 5.92 Å². The third kappa shape index (κ3) is 2.06. The van der Waals surface area contributed by atoms with E-state index in [1.165, 1.54) is 0 Å². The highest BCUT2D eigenvalue weighted by molar-refractivity contribution is 5.87. The Bertz CT molecular complexity index is 603. The number of nitrogens with zero attached hydrogens (tertiary/aromatic N) is 1. The molecule has 4 atom stereocenters. The van der Waals surface area contributed by atoms with Gasteiger partial charge in [0.1, 0.15) is 17.6 Å². The second-order valence-electron chi connectivity index (χ2n) is 6.69. The van der Waals surface area contributed by atoms with E-state index in [2.05, 4.69) is 6.92 Å². The van der Waals surface area contributed by atoms with Crippen LogP contribution in [-0.2, 0) is 9.59 Å². The van der Waals surface area contributed by atoms with Crippen LogP contribution in [0.3, 0.4) is 0 Å². The molecule has 0 aromatic carbocycles. The van der Waals surface area contributed by atoms with Crippen LogP contribution >= 0.6 is 0 Å². The van der Waals surface area contributed by atoms with Gasteiger partial charge in [0.15, 0.2) is 0 Å². The van der Waals surface area contributed by atoms with Gasteiger partial charge < -0.3 is 14.4 Å². The third-order valence-corrected chi connectivity index (χ3v) is 5.03. The normalized spacial score (nSPS) is 35.3. The molecule has 0 bridgehead atoms. The van der Waals surface area contributed by atoms with Gasteiger partial charge in [0.25, 0.3) is 0 Å². The zero-order chi connectivity index (χ0) is 14.7. The fourth-order valence-electron chi connectivity index (χ4n) is 3.54. The maximum Gasteiger partial charge on any atom is 0.309 e. The van der Waals surface area contributed by atoms with Crippen molar-refractivity contribution in [2.75, 3.05) is 0 Å². The molecule has 3 fully saturated rings. The first-order valence-corrected chi connectivity index (χ1v) is 7.70. The van der Waals surface area contributed by atoms with Crippen LogP contribution in [0.4, 0.5) is 0 Å². The van der Waals surface area contributed by atoms with Gasteiger partial charge in [-0.2, -0.15) is 0 Å². The zero-order valence-corrected chi connectivity index (χ0v) is 12.0. The standard InChI is InChI=1S/C16H19NO4/c1-8-6-10(8)12-4-5-13(21-12)15-11(16(19)20)7-14(18)17(15)9-2-3-9/h4-5,8-11,15H,2-3,6-7H2,1H3,(H,19,20). The van der Waals surface area contributed by atoms with Crippen LogP contribution in [0.15, 0.2) is 16.5 Å². The summed E-state index contributed by atoms with van der Waals surface area (Å²) in [7, 11) is 0. The first kappa shape index (κ1) is 12.9. The second kappa shape index (κ2) is 4.36. The number of hydrogen-bond donors (Lipinski definition) is 1. The molecule has 4 rings (SSSR count). The minimum atomic E-state index is -0.908. The fraction of sp³-hybridized carbons (Fsp3) is 0.625. The van der Waals surface area contributed by atoms with Gasteiger partial charge >= 0.3 is 5.97 Å². The summed E-state index contributed by atoms with van der Waals surface area (Å²) in [4.78, 5) is 25.4. The average Bonchev–Trinajstić information content (AvgIpc) is 3.31. The summed E-state index contributed by atoms with van der Waals surface area (Å²) in [6, 6.07) is 3.61. The molecule has 0 spiro atoms. The second-order valence-corrected chi connectivity index (χ2v) is 6.69. The molecule has 1 saturated heterocycles. The van der Waals surface area contributed by atoms with Crippen LogP contribution in [0.25, 0.3) is 0 Å². The highest BCUT2D eigenvalue weighted by atomic mass is 16.4. The molecule has 1 aromatic heterocycles. The van der Waals surface area contributed by atoms with E-state index in [0.29, 0.717) is 17.6 Å². The van der Waals surface area contributed by atoms with Gasteiger partial charge in [-0.3, -0.25) is 9.59 Å². The van der Waals surface area contributed by atoms with Crippen molar-refractivity contribution in [3.63, 3.8) is 0 Å². The number of hydrogen-bond acceptors (Lipinski definition) is 3. The Morgan fingerprint density at radius 2 is 2.00 bits per heavy atom. The van der Waals surface area contributed by atoms with Crippen molar-refractivity contribution in [3.8, 4) is 0 Å². The smallest absolute Gasteiger partial charge is 0.309 e. The number of carbonyl (C=O) groups is 2. The van der Waals surface area contributed by atoms with E-state index in [-0.39, 0.29) is 18.4 Å². The Labute approximate surface area is 122 Å². The first-order chi connectivity index (χ1) is 10.1. The molecule has 1 aromatic rings. The molecule has 1 aliphatic heterocycles. The minimum Gasteiger partial charge on any atom is -0.481 e. The van der Waals surface area contributed by atoms with E-state index in [9.17, 15) is 14.7 Å². The summed E-state index contributed by atoms with van der Waals surface area (Å²) >= 11 is 0. The predicted octanol–water partition coefficient (Wildman–Crippen LogP) is 2.54. The molecule has 2 heterocycles. The number of carboxylic acids is 1. The number of furan rings is 1. The lowest BCUT2D eigenvalue weighted by atomic mass is 9.98. The molecule has 3 aliphatic rings. The summed E-state index contributed by atoms with van der Waals surface area (Å²) < 4.78 is 5.94. The number of carboxylic acid groups (broad SMARTS) is 1. The highest BCUT2D eigenvalue weighted by Crippen LogP contribution is 2.50. The zero-order valence-electron chi connectivity index (χ0n) is 12.0. The molecule has 2 aliphatic carbocycles. The minimum absolute atomic E-state index is 0.0485. The maximum atomic E-state index is 12.2. The molecule has 1 amide bonds. The SMILES string of the molecule is CC1CC1c1ccc(C2C(C(=O)O)CC(=O)N2C2CC2)o1. The molecule has 5 heteroatoms. The third-order valence-electron chi connectivity index (χ3n) is 5.03. The summed E-state index contributed by atoms with van der Waals surface area (Å²) in [5, 5.41) is 9.43. The van der Waals surface area contributed by atoms with Crippen molar-refractivity contribution >= 4 is 11.9 Å². The quantitative estimate of drug-likeness (QED) is 0.924. The van der Waals surface area contributed by atoms with E-state index in [0.717, 1.165) is 25.0 Å². The molecule has 21 heavy (non-hydrogen) atoms. The predicted molar refractivity (Wildman–Crippen MR) is 73.6 cm³/mol. The van der Waals surface area contributed by atoms with Gasteiger partial charge in [-0.25, -0.2) is 0 Å². The number of aliphatic carboxylic acids is 1. The van der Waals surface area contributed by atoms with E-state index in [4.69, 9.17) is 4.42 Å². The highest BCUT2D eigenvalue weighted by Gasteiger charge is 2.51. The number of carbonyl (C=O) groups excluding carboxylic acids is 1. The Kier molecular flexibility index (Phi) is 2.68. The van der Waals surface area contributed by atoms with Crippen molar-refractivity contribution in [3.05, 3.63) is 23.7 Å². The first-order valence-electron chi connectivity index (χ1n) is 7.70.